The lowest BCUT2D eigenvalue weighted by Crippen LogP contribution is -2.33. The van der Waals surface area contributed by atoms with Gasteiger partial charge in [-0.15, -0.1) is 0 Å². The van der Waals surface area contributed by atoms with E-state index in [1.165, 1.54) is 0 Å². The number of carboxylic acid groups (broad SMARTS) is 1. The number of aliphatic carboxylic acids is 1. The van der Waals surface area contributed by atoms with Gasteiger partial charge in [0.25, 0.3) is 0 Å². The summed E-state index contributed by atoms with van der Waals surface area (Å²) in [5.74, 6) is -0.628. The summed E-state index contributed by atoms with van der Waals surface area (Å²) in [7, 11) is 0. The summed E-state index contributed by atoms with van der Waals surface area (Å²) < 4.78 is 0. The lowest BCUT2D eigenvalue weighted by atomic mass is 10.3. The molecule has 0 bridgehead atoms. The fraction of sp³-hybridized carbons (Fsp3) is 0.818. The van der Waals surface area contributed by atoms with Crippen molar-refractivity contribution >= 4 is 11.9 Å². The Morgan fingerprint density at radius 1 is 1.12 bits per heavy atom. The van der Waals surface area contributed by atoms with E-state index in [2.05, 4.69) is 5.32 Å². The van der Waals surface area contributed by atoms with Crippen LogP contribution in [0.3, 0.4) is 0 Å². The maximum absolute atomic E-state index is 11.5. The number of amides is 1. The van der Waals surface area contributed by atoms with E-state index in [-0.39, 0.29) is 12.3 Å². The number of rotatable bonds is 9. The zero-order valence-electron chi connectivity index (χ0n) is 10.2. The van der Waals surface area contributed by atoms with Crippen LogP contribution in [0.2, 0.25) is 0 Å². The molecule has 0 aliphatic rings. The summed E-state index contributed by atoms with van der Waals surface area (Å²) in [5.41, 5.74) is 0. The summed E-state index contributed by atoms with van der Waals surface area (Å²) in [4.78, 5) is 23.5. The van der Waals surface area contributed by atoms with Crippen LogP contribution in [0.1, 0.15) is 33.1 Å². The Hall–Kier alpha value is -1.10. The third-order valence-electron chi connectivity index (χ3n) is 2.38. The molecule has 5 nitrogen and oxygen atoms in total. The van der Waals surface area contributed by atoms with Crippen LogP contribution in [0.4, 0.5) is 0 Å². The number of carbonyl (C=O) groups is 2. The van der Waals surface area contributed by atoms with Crippen LogP contribution in [0.5, 0.6) is 0 Å². The Kier molecular flexibility index (Phi) is 8.52. The predicted molar refractivity (Wildman–Crippen MR) is 62.3 cm³/mol. The molecule has 16 heavy (non-hydrogen) atoms. The van der Waals surface area contributed by atoms with Gasteiger partial charge in [-0.2, -0.15) is 0 Å². The quantitative estimate of drug-likeness (QED) is 0.572. The van der Waals surface area contributed by atoms with Crippen molar-refractivity contribution in [2.45, 2.75) is 33.1 Å². The second kappa shape index (κ2) is 9.15. The molecule has 1 amide bonds. The highest BCUT2D eigenvalue weighted by Crippen LogP contribution is 1.93. The largest absolute Gasteiger partial charge is 0.481 e. The zero-order valence-corrected chi connectivity index (χ0v) is 10.2. The monoisotopic (exact) mass is 230 g/mol. The van der Waals surface area contributed by atoms with Crippen LogP contribution in [0.15, 0.2) is 0 Å². The minimum atomic E-state index is -0.777. The van der Waals surface area contributed by atoms with Gasteiger partial charge in [-0.05, 0) is 26.8 Å². The van der Waals surface area contributed by atoms with Gasteiger partial charge in [0.15, 0.2) is 0 Å². The molecule has 94 valence electrons. The normalized spacial score (nSPS) is 10.1. The van der Waals surface area contributed by atoms with Gasteiger partial charge in [-0.1, -0.05) is 0 Å². The summed E-state index contributed by atoms with van der Waals surface area (Å²) in [6, 6.07) is 0. The van der Waals surface area contributed by atoms with Crippen molar-refractivity contribution in [2.75, 3.05) is 26.2 Å². The Morgan fingerprint density at radius 3 is 2.25 bits per heavy atom. The van der Waals surface area contributed by atoms with E-state index in [0.717, 1.165) is 13.1 Å². The highest BCUT2D eigenvalue weighted by molar-refractivity contribution is 5.76. The number of carbonyl (C=O) groups excluding carboxylic acids is 1. The second-order valence-electron chi connectivity index (χ2n) is 3.56. The average molecular weight is 230 g/mol. The molecule has 0 rings (SSSR count). The van der Waals surface area contributed by atoms with Gasteiger partial charge in [0, 0.05) is 32.5 Å². The molecule has 0 atom stereocenters. The minimum absolute atomic E-state index is 0.149. The van der Waals surface area contributed by atoms with Crippen molar-refractivity contribution in [3.63, 3.8) is 0 Å². The number of hydrogen-bond acceptors (Lipinski definition) is 3. The first-order chi connectivity index (χ1) is 7.61. The van der Waals surface area contributed by atoms with Crippen LogP contribution < -0.4 is 5.32 Å². The maximum Gasteiger partial charge on any atom is 0.303 e. The first kappa shape index (κ1) is 14.9. The molecule has 0 aliphatic carbocycles. The SMILES string of the molecule is CCN(CC)C(=O)CCNCCCC(=O)O. The molecule has 0 fully saturated rings. The van der Waals surface area contributed by atoms with Crippen molar-refractivity contribution in [1.29, 1.82) is 0 Å². The van der Waals surface area contributed by atoms with Crippen LogP contribution in [0.25, 0.3) is 0 Å². The van der Waals surface area contributed by atoms with Crippen molar-refractivity contribution in [2.24, 2.45) is 0 Å². The first-order valence-corrected chi connectivity index (χ1v) is 5.82. The van der Waals surface area contributed by atoms with Crippen LogP contribution in [0, 0.1) is 0 Å². The van der Waals surface area contributed by atoms with E-state index in [1.807, 2.05) is 13.8 Å². The summed E-state index contributed by atoms with van der Waals surface area (Å²) in [5, 5.41) is 11.5. The van der Waals surface area contributed by atoms with Crippen LogP contribution in [-0.2, 0) is 9.59 Å². The van der Waals surface area contributed by atoms with Gasteiger partial charge in [-0.25, -0.2) is 0 Å². The lowest BCUT2D eigenvalue weighted by molar-refractivity contribution is -0.137. The molecule has 0 spiro atoms. The van der Waals surface area contributed by atoms with Crippen molar-refractivity contribution < 1.29 is 14.7 Å². The fourth-order valence-corrected chi connectivity index (χ4v) is 1.42. The van der Waals surface area contributed by atoms with Gasteiger partial charge in [-0.3, -0.25) is 9.59 Å². The second-order valence-corrected chi connectivity index (χ2v) is 3.56. The molecule has 0 aromatic heterocycles. The molecular formula is C11H22N2O3. The topological polar surface area (TPSA) is 69.6 Å². The molecule has 0 aromatic carbocycles. The van der Waals surface area contributed by atoms with Gasteiger partial charge < -0.3 is 15.3 Å². The number of nitrogens with zero attached hydrogens (tertiary/aromatic N) is 1. The summed E-state index contributed by atoms with van der Waals surface area (Å²) >= 11 is 0. The standard InChI is InChI=1S/C11H22N2O3/c1-3-13(4-2)10(14)7-9-12-8-5-6-11(15)16/h12H,3-9H2,1-2H3,(H,15,16). The average Bonchev–Trinajstić information content (AvgIpc) is 2.24. The first-order valence-electron chi connectivity index (χ1n) is 5.82. The molecule has 0 aromatic rings. The number of nitrogens with one attached hydrogen (secondary N) is 1. The van der Waals surface area contributed by atoms with Gasteiger partial charge in [0.2, 0.25) is 5.91 Å². The minimum Gasteiger partial charge on any atom is -0.481 e. The molecule has 0 unspecified atom stereocenters. The van der Waals surface area contributed by atoms with Crippen LogP contribution in [-0.4, -0.2) is 48.1 Å². The summed E-state index contributed by atoms with van der Waals surface area (Å²) in [6.07, 6.45) is 1.26. The Morgan fingerprint density at radius 2 is 1.75 bits per heavy atom. The smallest absolute Gasteiger partial charge is 0.303 e. The van der Waals surface area contributed by atoms with Crippen LogP contribution >= 0.6 is 0 Å². The third-order valence-corrected chi connectivity index (χ3v) is 2.38. The highest BCUT2D eigenvalue weighted by Gasteiger charge is 2.07. The van der Waals surface area contributed by atoms with Crippen molar-refractivity contribution in [1.82, 2.24) is 10.2 Å². The fourth-order valence-electron chi connectivity index (χ4n) is 1.42. The van der Waals surface area contributed by atoms with E-state index in [1.54, 1.807) is 4.90 Å². The van der Waals surface area contributed by atoms with Gasteiger partial charge >= 0.3 is 5.97 Å². The molecular weight excluding hydrogens is 208 g/mol. The molecule has 0 aliphatic heterocycles. The number of carboxylic acids is 1. The number of hydrogen-bond donors (Lipinski definition) is 2. The van der Waals surface area contributed by atoms with E-state index < -0.39 is 5.97 Å². The predicted octanol–water partition coefficient (Wildman–Crippen LogP) is 0.699. The molecule has 2 N–H and O–H groups in total. The van der Waals surface area contributed by atoms with Crippen molar-refractivity contribution in [3.05, 3.63) is 0 Å². The van der Waals surface area contributed by atoms with E-state index in [9.17, 15) is 9.59 Å². The molecule has 0 saturated heterocycles. The van der Waals surface area contributed by atoms with Crippen molar-refractivity contribution in [3.8, 4) is 0 Å². The zero-order chi connectivity index (χ0) is 12.4. The lowest BCUT2D eigenvalue weighted by Gasteiger charge is -2.18. The van der Waals surface area contributed by atoms with Gasteiger partial charge in [0.1, 0.15) is 0 Å². The Labute approximate surface area is 96.8 Å². The molecule has 0 heterocycles. The Bertz CT molecular complexity index is 215. The van der Waals surface area contributed by atoms with E-state index in [4.69, 9.17) is 5.11 Å². The third kappa shape index (κ3) is 7.23. The molecule has 5 heteroatoms. The van der Waals surface area contributed by atoms with E-state index >= 15 is 0 Å². The summed E-state index contributed by atoms with van der Waals surface area (Å²) in [6.45, 7) is 6.68. The highest BCUT2D eigenvalue weighted by atomic mass is 16.4. The van der Waals surface area contributed by atoms with Gasteiger partial charge in [0.05, 0.1) is 0 Å². The Balaban J connectivity index is 3.44. The molecule has 0 radical (unpaired) electrons. The molecule has 0 saturated carbocycles. The maximum atomic E-state index is 11.5. The van der Waals surface area contributed by atoms with E-state index in [0.29, 0.717) is 25.9 Å².